The molecule has 0 fully saturated rings. The molecule has 1 aliphatic heterocycles. The van der Waals surface area contributed by atoms with E-state index in [4.69, 9.17) is 4.74 Å². The zero-order valence-electron chi connectivity index (χ0n) is 15.5. The number of nitrogens with zero attached hydrogens (tertiary/aromatic N) is 2. The Morgan fingerprint density at radius 1 is 1.24 bits per heavy atom. The van der Waals surface area contributed by atoms with Crippen LogP contribution in [0.3, 0.4) is 0 Å². The molecule has 1 amide bonds. The van der Waals surface area contributed by atoms with E-state index in [0.717, 1.165) is 11.1 Å². The summed E-state index contributed by atoms with van der Waals surface area (Å²) in [4.78, 5) is 14.6. The molecule has 9 heteroatoms. The number of fused-ring (bicyclic) bond motifs is 2. The molecule has 152 valence electrons. The molecule has 0 saturated heterocycles. The Morgan fingerprint density at radius 2 is 2.00 bits per heavy atom. The lowest BCUT2D eigenvalue weighted by Gasteiger charge is -2.16. The molecule has 0 radical (unpaired) electrons. The van der Waals surface area contributed by atoms with Crippen LogP contribution in [-0.2, 0) is 19.5 Å². The first-order valence-corrected chi connectivity index (χ1v) is 8.97. The molecular weight excluding hydrogens is 387 g/mol. The molecule has 3 aromatic rings. The molecule has 2 heterocycles. The number of hydrogen-bond acceptors (Lipinski definition) is 4. The number of hydrogen-bond donors (Lipinski definition) is 2. The van der Waals surface area contributed by atoms with Gasteiger partial charge in [0.1, 0.15) is 11.5 Å². The highest BCUT2D eigenvalue weighted by Crippen LogP contribution is 2.32. The Morgan fingerprint density at radius 3 is 2.72 bits per heavy atom. The molecule has 2 aromatic carbocycles. The van der Waals surface area contributed by atoms with Gasteiger partial charge in [0.2, 0.25) is 0 Å². The van der Waals surface area contributed by atoms with Gasteiger partial charge in [0, 0.05) is 37.4 Å². The summed E-state index contributed by atoms with van der Waals surface area (Å²) in [6, 6.07) is 8.28. The number of methoxy groups -OCH3 is 1. The zero-order valence-corrected chi connectivity index (χ0v) is 15.5. The van der Waals surface area contributed by atoms with E-state index in [1.807, 2.05) is 18.2 Å². The van der Waals surface area contributed by atoms with Gasteiger partial charge in [-0.2, -0.15) is 18.3 Å². The molecular formula is C20H18F3N3O3. The average molecular weight is 405 g/mol. The minimum Gasteiger partial charge on any atom is -0.507 e. The van der Waals surface area contributed by atoms with Crippen molar-refractivity contribution in [3.05, 3.63) is 52.7 Å². The molecule has 4 rings (SSSR count). The van der Waals surface area contributed by atoms with Crippen LogP contribution in [0.2, 0.25) is 0 Å². The summed E-state index contributed by atoms with van der Waals surface area (Å²) in [5, 5.41) is 17.2. The van der Waals surface area contributed by atoms with Crippen LogP contribution >= 0.6 is 0 Å². The van der Waals surface area contributed by atoms with Crippen molar-refractivity contribution < 1.29 is 27.8 Å². The topological polar surface area (TPSA) is 78.5 Å². The van der Waals surface area contributed by atoms with Crippen molar-refractivity contribution >= 4 is 16.8 Å². The Kier molecular flexibility index (Phi) is 4.60. The number of carbonyl (C=O) groups is 1. The highest BCUT2D eigenvalue weighted by molar-refractivity contribution is 6.01. The Balaban J connectivity index is 1.61. The van der Waals surface area contributed by atoms with Gasteiger partial charge in [0.15, 0.2) is 0 Å². The van der Waals surface area contributed by atoms with Gasteiger partial charge in [-0.25, -0.2) is 0 Å². The van der Waals surface area contributed by atoms with E-state index in [-0.39, 0.29) is 23.4 Å². The van der Waals surface area contributed by atoms with Crippen molar-refractivity contribution in [3.8, 4) is 11.5 Å². The van der Waals surface area contributed by atoms with Gasteiger partial charge in [-0.1, -0.05) is 6.07 Å². The van der Waals surface area contributed by atoms with Crippen LogP contribution in [0.4, 0.5) is 13.2 Å². The number of phenolic OH excluding ortho intramolecular Hbond substituents is 1. The van der Waals surface area contributed by atoms with E-state index in [1.54, 1.807) is 12.0 Å². The maximum absolute atomic E-state index is 13.0. The molecule has 0 bridgehead atoms. The largest absolute Gasteiger partial charge is 0.507 e. The summed E-state index contributed by atoms with van der Waals surface area (Å²) in [6.07, 6.45) is -5.62. The lowest BCUT2D eigenvalue weighted by atomic mass is 10.1. The van der Waals surface area contributed by atoms with Crippen molar-refractivity contribution in [2.75, 3.05) is 7.11 Å². The first-order chi connectivity index (χ1) is 13.7. The third kappa shape index (κ3) is 3.72. The lowest BCUT2D eigenvalue weighted by Crippen LogP contribution is -2.25. The SMILES string of the molecule is COc1ccc2c(c1)CN(C(=O)c1cc3c(CCC(F)(F)F)n[nH]c3cc1O)C2. The van der Waals surface area contributed by atoms with Gasteiger partial charge in [-0.15, -0.1) is 0 Å². The van der Waals surface area contributed by atoms with Crippen molar-refractivity contribution in [3.63, 3.8) is 0 Å². The molecule has 6 nitrogen and oxygen atoms in total. The van der Waals surface area contributed by atoms with Gasteiger partial charge >= 0.3 is 6.18 Å². The number of aromatic nitrogens is 2. The van der Waals surface area contributed by atoms with Gasteiger partial charge in [-0.05, 0) is 29.3 Å². The minimum absolute atomic E-state index is 0.0342. The number of amides is 1. The fourth-order valence-corrected chi connectivity index (χ4v) is 3.54. The van der Waals surface area contributed by atoms with Crippen LogP contribution in [-0.4, -0.2) is 39.4 Å². The summed E-state index contributed by atoms with van der Waals surface area (Å²) >= 11 is 0. The smallest absolute Gasteiger partial charge is 0.389 e. The first kappa shape index (κ1) is 19.1. The fraction of sp³-hybridized carbons (Fsp3) is 0.300. The van der Waals surface area contributed by atoms with Crippen LogP contribution in [0.5, 0.6) is 11.5 Å². The molecule has 1 aromatic heterocycles. The average Bonchev–Trinajstić information content (AvgIpc) is 3.27. The summed E-state index contributed by atoms with van der Waals surface area (Å²) in [5.41, 5.74) is 2.56. The van der Waals surface area contributed by atoms with Crippen LogP contribution in [0.25, 0.3) is 10.9 Å². The summed E-state index contributed by atoms with van der Waals surface area (Å²) in [5.74, 6) is 0.0413. The monoisotopic (exact) mass is 405 g/mol. The van der Waals surface area contributed by atoms with E-state index in [0.29, 0.717) is 29.7 Å². The number of aryl methyl sites for hydroxylation is 1. The molecule has 2 N–H and O–H groups in total. The van der Waals surface area contributed by atoms with Crippen molar-refractivity contribution in [2.45, 2.75) is 32.1 Å². The zero-order chi connectivity index (χ0) is 20.8. The first-order valence-electron chi connectivity index (χ1n) is 8.97. The van der Waals surface area contributed by atoms with Crippen LogP contribution in [0.1, 0.15) is 33.6 Å². The number of carbonyl (C=O) groups excluding carboxylic acids is 1. The molecule has 0 atom stereocenters. The second-order valence-corrected chi connectivity index (χ2v) is 7.00. The number of alkyl halides is 3. The molecule has 0 aliphatic carbocycles. The number of H-pyrrole nitrogens is 1. The summed E-state index contributed by atoms with van der Waals surface area (Å²) in [7, 11) is 1.56. The van der Waals surface area contributed by atoms with Crippen LogP contribution < -0.4 is 4.74 Å². The summed E-state index contributed by atoms with van der Waals surface area (Å²) in [6.45, 7) is 0.733. The van der Waals surface area contributed by atoms with E-state index >= 15 is 0 Å². The maximum atomic E-state index is 13.0. The number of nitrogens with one attached hydrogen (secondary N) is 1. The van der Waals surface area contributed by atoms with Crippen LogP contribution in [0, 0.1) is 0 Å². The number of benzene rings is 2. The minimum atomic E-state index is -4.30. The number of halogens is 3. The molecule has 0 saturated carbocycles. The Labute approximate surface area is 163 Å². The number of aromatic hydroxyl groups is 1. The summed E-state index contributed by atoms with van der Waals surface area (Å²) < 4.78 is 42.9. The quantitative estimate of drug-likeness (QED) is 0.690. The van der Waals surface area contributed by atoms with Gasteiger partial charge in [0.25, 0.3) is 5.91 Å². The number of aromatic amines is 1. The molecule has 0 spiro atoms. The van der Waals surface area contributed by atoms with E-state index in [1.165, 1.54) is 12.1 Å². The third-order valence-electron chi connectivity index (χ3n) is 5.06. The van der Waals surface area contributed by atoms with Crippen molar-refractivity contribution in [1.29, 1.82) is 0 Å². The number of ether oxygens (including phenoxy) is 1. The second-order valence-electron chi connectivity index (χ2n) is 7.00. The predicted molar refractivity (Wildman–Crippen MR) is 98.7 cm³/mol. The van der Waals surface area contributed by atoms with Gasteiger partial charge in [-0.3, -0.25) is 9.89 Å². The van der Waals surface area contributed by atoms with Crippen LogP contribution in [0.15, 0.2) is 30.3 Å². The van der Waals surface area contributed by atoms with Crippen molar-refractivity contribution in [2.24, 2.45) is 0 Å². The molecule has 29 heavy (non-hydrogen) atoms. The van der Waals surface area contributed by atoms with Gasteiger partial charge in [0.05, 0.1) is 23.9 Å². The van der Waals surface area contributed by atoms with E-state index < -0.39 is 18.5 Å². The number of phenols is 1. The standard InChI is InChI=1S/C20H18F3N3O3/c1-29-13-3-2-11-9-26(10-12(11)6-13)19(28)15-7-14-16(4-5-20(21,22)23)24-25-17(14)8-18(15)27/h2-3,6-8,27H,4-5,9-10H2,1H3,(H,24,25). The molecule has 1 aliphatic rings. The lowest BCUT2D eigenvalue weighted by molar-refractivity contribution is -0.134. The highest BCUT2D eigenvalue weighted by Gasteiger charge is 2.29. The third-order valence-corrected chi connectivity index (χ3v) is 5.06. The molecule has 0 unspecified atom stereocenters. The van der Waals surface area contributed by atoms with Gasteiger partial charge < -0.3 is 14.7 Å². The Bertz CT molecular complexity index is 1090. The van der Waals surface area contributed by atoms with E-state index in [9.17, 15) is 23.1 Å². The van der Waals surface area contributed by atoms with Crippen molar-refractivity contribution in [1.82, 2.24) is 15.1 Å². The second kappa shape index (κ2) is 6.98. The predicted octanol–water partition coefficient (Wildman–Crippen LogP) is 3.93. The number of rotatable bonds is 4. The Hall–Kier alpha value is -3.23. The normalized spacial score (nSPS) is 13.7. The van der Waals surface area contributed by atoms with E-state index in [2.05, 4.69) is 10.2 Å². The highest BCUT2D eigenvalue weighted by atomic mass is 19.4. The fourth-order valence-electron chi connectivity index (χ4n) is 3.54. The maximum Gasteiger partial charge on any atom is 0.389 e.